The molecule has 1 N–H and O–H groups in total. The Balaban J connectivity index is 2.23. The van der Waals surface area contributed by atoms with Crippen LogP contribution in [0.3, 0.4) is 0 Å². The molecule has 0 saturated carbocycles. The standard InChI is InChI=1S/C16H8O5/c17-7-11-9-5-14(16(18)19)20-13(9)6-10-8-3-1-2-4-12(8)21-15(10)11/h1-7H,(H,18,19). The predicted molar refractivity (Wildman–Crippen MR) is 75.8 cm³/mol. The van der Waals surface area contributed by atoms with Crippen molar-refractivity contribution in [3.8, 4) is 0 Å². The highest BCUT2D eigenvalue weighted by Crippen LogP contribution is 2.36. The molecule has 0 unspecified atom stereocenters. The summed E-state index contributed by atoms with van der Waals surface area (Å²) in [6.07, 6.45) is 0.661. The lowest BCUT2D eigenvalue weighted by Crippen LogP contribution is -1.91. The SMILES string of the molecule is O=Cc1c2cc(C(=O)O)oc2cc2c1oc1ccccc12. The summed E-state index contributed by atoms with van der Waals surface area (Å²) in [7, 11) is 0. The molecule has 2 aromatic heterocycles. The second kappa shape index (κ2) is 3.96. The lowest BCUT2D eigenvalue weighted by atomic mass is 10.1. The molecular weight excluding hydrogens is 272 g/mol. The van der Waals surface area contributed by atoms with Crippen molar-refractivity contribution in [2.75, 3.05) is 0 Å². The first kappa shape index (κ1) is 11.7. The first-order valence-corrected chi connectivity index (χ1v) is 6.25. The number of carboxylic acid groups (broad SMARTS) is 1. The zero-order chi connectivity index (χ0) is 14.6. The molecule has 5 heteroatoms. The predicted octanol–water partition coefficient (Wildman–Crippen LogP) is 3.84. The van der Waals surface area contributed by atoms with E-state index in [9.17, 15) is 9.59 Å². The van der Waals surface area contributed by atoms with Crippen molar-refractivity contribution in [3.05, 3.63) is 47.7 Å². The highest BCUT2D eigenvalue weighted by Gasteiger charge is 2.19. The van der Waals surface area contributed by atoms with E-state index in [-0.39, 0.29) is 5.76 Å². The monoisotopic (exact) mass is 280 g/mol. The van der Waals surface area contributed by atoms with Gasteiger partial charge in [-0.25, -0.2) is 4.79 Å². The van der Waals surface area contributed by atoms with E-state index in [1.54, 1.807) is 6.07 Å². The average Bonchev–Trinajstić information content (AvgIpc) is 3.06. The largest absolute Gasteiger partial charge is 0.475 e. The highest BCUT2D eigenvalue weighted by atomic mass is 16.4. The summed E-state index contributed by atoms with van der Waals surface area (Å²) in [5, 5.41) is 11.0. The van der Waals surface area contributed by atoms with Crippen LogP contribution in [-0.4, -0.2) is 17.4 Å². The first-order valence-electron chi connectivity index (χ1n) is 6.25. The Morgan fingerprint density at radius 2 is 1.81 bits per heavy atom. The normalized spacial score (nSPS) is 11.4. The van der Waals surface area contributed by atoms with E-state index in [0.29, 0.717) is 34.0 Å². The molecular formula is C16H8O5. The number of carboxylic acids is 1. The number of hydrogen-bond donors (Lipinski definition) is 1. The molecule has 0 fully saturated rings. The Labute approximate surface area is 117 Å². The molecule has 0 aliphatic carbocycles. The third-order valence-electron chi connectivity index (χ3n) is 3.53. The van der Waals surface area contributed by atoms with Crippen LogP contribution >= 0.6 is 0 Å². The fourth-order valence-corrected chi connectivity index (χ4v) is 2.61. The highest BCUT2D eigenvalue weighted by molar-refractivity contribution is 6.17. The number of aromatic carboxylic acids is 1. The third-order valence-corrected chi connectivity index (χ3v) is 3.53. The second-order valence-corrected chi connectivity index (χ2v) is 4.71. The zero-order valence-corrected chi connectivity index (χ0v) is 10.6. The van der Waals surface area contributed by atoms with Crippen molar-refractivity contribution in [3.63, 3.8) is 0 Å². The van der Waals surface area contributed by atoms with Crippen LogP contribution in [0.2, 0.25) is 0 Å². The lowest BCUT2D eigenvalue weighted by Gasteiger charge is -1.95. The first-order chi connectivity index (χ1) is 10.2. The Morgan fingerprint density at radius 1 is 1.00 bits per heavy atom. The molecule has 21 heavy (non-hydrogen) atoms. The smallest absolute Gasteiger partial charge is 0.371 e. The van der Waals surface area contributed by atoms with Crippen LogP contribution in [0.4, 0.5) is 0 Å². The zero-order valence-electron chi connectivity index (χ0n) is 10.6. The van der Waals surface area contributed by atoms with E-state index in [0.717, 1.165) is 10.8 Å². The second-order valence-electron chi connectivity index (χ2n) is 4.71. The van der Waals surface area contributed by atoms with Gasteiger partial charge < -0.3 is 13.9 Å². The van der Waals surface area contributed by atoms with Crippen LogP contribution in [0.25, 0.3) is 32.9 Å². The molecule has 2 aromatic carbocycles. The van der Waals surface area contributed by atoms with Crippen LogP contribution in [-0.2, 0) is 0 Å². The van der Waals surface area contributed by atoms with Crippen LogP contribution < -0.4 is 0 Å². The average molecular weight is 280 g/mol. The minimum absolute atomic E-state index is 0.204. The molecule has 102 valence electrons. The Bertz CT molecular complexity index is 1040. The van der Waals surface area contributed by atoms with Gasteiger partial charge in [-0.15, -0.1) is 0 Å². The van der Waals surface area contributed by atoms with Gasteiger partial charge in [-0.2, -0.15) is 0 Å². The maximum Gasteiger partial charge on any atom is 0.371 e. The van der Waals surface area contributed by atoms with Gasteiger partial charge in [-0.05, 0) is 12.1 Å². The van der Waals surface area contributed by atoms with E-state index in [2.05, 4.69) is 0 Å². The number of carbonyl (C=O) groups excluding carboxylic acids is 1. The molecule has 0 amide bonds. The van der Waals surface area contributed by atoms with Crippen molar-refractivity contribution in [1.29, 1.82) is 0 Å². The molecule has 0 aliphatic heterocycles. The molecule has 0 saturated heterocycles. The molecule has 0 aliphatic rings. The summed E-state index contributed by atoms with van der Waals surface area (Å²) < 4.78 is 11.0. The quantitative estimate of drug-likeness (QED) is 0.564. The number of carbonyl (C=O) groups is 2. The summed E-state index contributed by atoms with van der Waals surface area (Å²) in [5.74, 6) is -1.38. The molecule has 0 atom stereocenters. The van der Waals surface area contributed by atoms with Crippen molar-refractivity contribution >= 4 is 45.2 Å². The van der Waals surface area contributed by atoms with Crippen LogP contribution in [0.15, 0.2) is 45.2 Å². The van der Waals surface area contributed by atoms with Gasteiger partial charge in [0.05, 0.1) is 5.56 Å². The number of furan rings is 2. The summed E-state index contributed by atoms with van der Waals surface area (Å²) in [6.45, 7) is 0. The fraction of sp³-hybridized carbons (Fsp3) is 0. The van der Waals surface area contributed by atoms with Gasteiger partial charge in [0.2, 0.25) is 5.76 Å². The van der Waals surface area contributed by atoms with Gasteiger partial charge in [0, 0.05) is 22.2 Å². The molecule has 0 radical (unpaired) electrons. The molecule has 0 bridgehead atoms. The van der Waals surface area contributed by atoms with Gasteiger partial charge in [0.25, 0.3) is 0 Å². The fourth-order valence-electron chi connectivity index (χ4n) is 2.61. The molecule has 0 spiro atoms. The lowest BCUT2D eigenvalue weighted by molar-refractivity contribution is 0.0665. The van der Waals surface area contributed by atoms with Crippen molar-refractivity contribution in [2.45, 2.75) is 0 Å². The topological polar surface area (TPSA) is 80.7 Å². The van der Waals surface area contributed by atoms with Crippen LogP contribution in [0, 0.1) is 0 Å². The summed E-state index contributed by atoms with van der Waals surface area (Å²) >= 11 is 0. The summed E-state index contributed by atoms with van der Waals surface area (Å²) in [4.78, 5) is 22.4. The van der Waals surface area contributed by atoms with E-state index in [1.807, 2.05) is 24.3 Å². The van der Waals surface area contributed by atoms with E-state index in [4.69, 9.17) is 13.9 Å². The van der Waals surface area contributed by atoms with Crippen molar-refractivity contribution in [2.24, 2.45) is 0 Å². The van der Waals surface area contributed by atoms with Gasteiger partial charge in [0.15, 0.2) is 6.29 Å². The maximum absolute atomic E-state index is 11.4. The molecule has 5 nitrogen and oxygen atoms in total. The Hall–Kier alpha value is -3.08. The third kappa shape index (κ3) is 1.51. The van der Waals surface area contributed by atoms with Crippen molar-refractivity contribution < 1.29 is 23.5 Å². The van der Waals surface area contributed by atoms with E-state index in [1.165, 1.54) is 6.07 Å². The number of aldehydes is 1. The van der Waals surface area contributed by atoms with Gasteiger partial charge in [0.1, 0.15) is 16.7 Å². The number of fused-ring (bicyclic) bond motifs is 4. The number of para-hydroxylation sites is 1. The van der Waals surface area contributed by atoms with Gasteiger partial charge >= 0.3 is 5.97 Å². The number of rotatable bonds is 2. The number of benzene rings is 2. The van der Waals surface area contributed by atoms with Crippen LogP contribution in [0.5, 0.6) is 0 Å². The number of hydrogen-bond acceptors (Lipinski definition) is 4. The van der Waals surface area contributed by atoms with E-state index < -0.39 is 5.97 Å². The molecule has 2 heterocycles. The van der Waals surface area contributed by atoms with Gasteiger partial charge in [-0.1, -0.05) is 18.2 Å². The maximum atomic E-state index is 11.4. The Kier molecular flexibility index (Phi) is 2.21. The Morgan fingerprint density at radius 3 is 2.57 bits per heavy atom. The molecule has 4 rings (SSSR count). The summed E-state index contributed by atoms with van der Waals surface area (Å²) in [5.41, 5.74) is 1.77. The van der Waals surface area contributed by atoms with Crippen molar-refractivity contribution in [1.82, 2.24) is 0 Å². The molecule has 4 aromatic rings. The van der Waals surface area contributed by atoms with E-state index >= 15 is 0 Å². The van der Waals surface area contributed by atoms with Crippen LogP contribution in [0.1, 0.15) is 20.9 Å². The van der Waals surface area contributed by atoms with Gasteiger partial charge in [-0.3, -0.25) is 4.79 Å². The minimum Gasteiger partial charge on any atom is -0.475 e. The minimum atomic E-state index is -1.18. The summed E-state index contributed by atoms with van der Waals surface area (Å²) in [6, 6.07) is 10.5.